The van der Waals surface area contributed by atoms with Gasteiger partial charge in [-0.05, 0) is 37.6 Å². The topological polar surface area (TPSA) is 55.4 Å². The Morgan fingerprint density at radius 2 is 2.17 bits per heavy atom. The summed E-state index contributed by atoms with van der Waals surface area (Å²) in [5.74, 6) is 0.917. The first-order chi connectivity index (χ1) is 8.48. The van der Waals surface area contributed by atoms with Crippen LogP contribution >= 0.6 is 0 Å². The lowest BCUT2D eigenvalue weighted by Gasteiger charge is -2.16. The first-order valence-corrected chi connectivity index (χ1v) is 8.15. The Balaban J connectivity index is 2.13. The van der Waals surface area contributed by atoms with Gasteiger partial charge in [0.2, 0.25) is 0 Å². The molecule has 0 heterocycles. The number of hydrogen-bond acceptors (Lipinski definition) is 4. The highest BCUT2D eigenvalue weighted by Crippen LogP contribution is 2.28. The summed E-state index contributed by atoms with van der Waals surface area (Å²) in [5.41, 5.74) is 0.945. The highest BCUT2D eigenvalue weighted by molar-refractivity contribution is 7.90. The molecule has 0 saturated heterocycles. The molecule has 1 atom stereocenters. The van der Waals surface area contributed by atoms with E-state index in [4.69, 9.17) is 4.74 Å². The maximum absolute atomic E-state index is 11.4. The van der Waals surface area contributed by atoms with E-state index >= 15 is 0 Å². The molecule has 1 unspecified atom stereocenters. The lowest BCUT2D eigenvalue weighted by Crippen LogP contribution is -2.24. The number of benzene rings is 1. The minimum Gasteiger partial charge on any atom is -0.490 e. The van der Waals surface area contributed by atoms with Gasteiger partial charge < -0.3 is 10.1 Å². The fourth-order valence-electron chi connectivity index (χ4n) is 1.83. The van der Waals surface area contributed by atoms with Crippen molar-refractivity contribution in [3.8, 4) is 5.75 Å². The van der Waals surface area contributed by atoms with Crippen molar-refractivity contribution in [2.75, 3.05) is 19.1 Å². The average molecular weight is 269 g/mol. The molecule has 18 heavy (non-hydrogen) atoms. The Labute approximate surface area is 108 Å². The fourth-order valence-corrected chi connectivity index (χ4v) is 2.80. The van der Waals surface area contributed by atoms with Crippen LogP contribution in [-0.4, -0.2) is 33.6 Å². The molecule has 1 saturated carbocycles. The average Bonchev–Trinajstić information content (AvgIpc) is 3.09. The van der Waals surface area contributed by atoms with Gasteiger partial charge in [0, 0.05) is 12.3 Å². The van der Waals surface area contributed by atoms with Gasteiger partial charge >= 0.3 is 0 Å². The molecule has 0 aromatic heterocycles. The van der Waals surface area contributed by atoms with Gasteiger partial charge in [-0.2, -0.15) is 0 Å². The molecular formula is C13H19NO3S. The minimum atomic E-state index is -3.01. The third-order valence-corrected chi connectivity index (χ3v) is 3.84. The van der Waals surface area contributed by atoms with Gasteiger partial charge in [-0.25, -0.2) is 8.42 Å². The Bertz CT molecular complexity index is 509. The summed E-state index contributed by atoms with van der Waals surface area (Å²) in [6.45, 7) is 0. The fraction of sp³-hybridized carbons (Fsp3) is 0.538. The van der Waals surface area contributed by atoms with Crippen molar-refractivity contribution in [2.45, 2.75) is 25.0 Å². The number of ether oxygens (including phenoxy) is 1. The second-order valence-electron chi connectivity index (χ2n) is 4.82. The predicted octanol–water partition coefficient (Wildman–Crippen LogP) is 1.53. The summed E-state index contributed by atoms with van der Waals surface area (Å²) in [4.78, 5) is 0. The van der Waals surface area contributed by atoms with E-state index < -0.39 is 9.84 Å². The number of hydrogen-bond donors (Lipinski definition) is 1. The molecule has 0 spiro atoms. The van der Waals surface area contributed by atoms with Crippen LogP contribution in [0.1, 0.15) is 24.4 Å². The lowest BCUT2D eigenvalue weighted by molar-refractivity contribution is 0.302. The highest BCUT2D eigenvalue weighted by Gasteiger charge is 2.24. The summed E-state index contributed by atoms with van der Waals surface area (Å²) in [6.07, 6.45) is 3.83. The zero-order chi connectivity index (χ0) is 13.2. The van der Waals surface area contributed by atoms with Gasteiger partial charge in [0.05, 0.1) is 11.9 Å². The van der Waals surface area contributed by atoms with Crippen LogP contribution in [0.4, 0.5) is 0 Å². The van der Waals surface area contributed by atoms with Crippen molar-refractivity contribution in [1.82, 2.24) is 5.32 Å². The third-order valence-electron chi connectivity index (χ3n) is 2.91. The van der Waals surface area contributed by atoms with Crippen LogP contribution in [-0.2, 0) is 9.84 Å². The molecule has 1 N–H and O–H groups in total. The largest absolute Gasteiger partial charge is 0.490 e. The molecule has 1 aromatic carbocycles. The Morgan fingerprint density at radius 1 is 1.44 bits per heavy atom. The standard InChI is InChI=1S/C13H19NO3S/c1-14-13(9-18(2,15)16)10-4-3-5-12(8-10)17-11-6-7-11/h3-5,8,11,13-14H,6-7,9H2,1-2H3. The second-order valence-corrected chi connectivity index (χ2v) is 7.01. The van der Waals surface area contributed by atoms with Crippen molar-refractivity contribution >= 4 is 9.84 Å². The Hall–Kier alpha value is -1.07. The van der Waals surface area contributed by atoms with Crippen LogP contribution in [0.3, 0.4) is 0 Å². The molecule has 5 heteroatoms. The summed E-state index contributed by atoms with van der Waals surface area (Å²) < 4.78 is 28.5. The molecule has 1 aliphatic carbocycles. The monoisotopic (exact) mass is 269 g/mol. The normalized spacial score (nSPS) is 17.4. The molecule has 1 fully saturated rings. The number of nitrogens with one attached hydrogen (secondary N) is 1. The van der Waals surface area contributed by atoms with Gasteiger partial charge in [0.25, 0.3) is 0 Å². The van der Waals surface area contributed by atoms with Gasteiger partial charge in [-0.15, -0.1) is 0 Å². The molecule has 4 nitrogen and oxygen atoms in total. The van der Waals surface area contributed by atoms with Gasteiger partial charge in [0.15, 0.2) is 0 Å². The minimum absolute atomic E-state index is 0.0936. The van der Waals surface area contributed by atoms with Crippen molar-refractivity contribution in [3.63, 3.8) is 0 Å². The van der Waals surface area contributed by atoms with Crippen molar-refractivity contribution in [2.24, 2.45) is 0 Å². The van der Waals surface area contributed by atoms with E-state index in [0.29, 0.717) is 6.10 Å². The zero-order valence-corrected chi connectivity index (χ0v) is 11.5. The quantitative estimate of drug-likeness (QED) is 0.851. The van der Waals surface area contributed by atoms with Crippen LogP contribution in [0, 0.1) is 0 Å². The number of rotatable bonds is 6. The van der Waals surface area contributed by atoms with Crippen LogP contribution in [0.15, 0.2) is 24.3 Å². The number of sulfone groups is 1. The molecule has 0 bridgehead atoms. The summed E-state index contributed by atoms with van der Waals surface area (Å²) in [6, 6.07) is 7.47. The van der Waals surface area contributed by atoms with Crippen LogP contribution in [0.5, 0.6) is 5.75 Å². The smallest absolute Gasteiger partial charge is 0.149 e. The van der Waals surface area contributed by atoms with Gasteiger partial charge in [-0.1, -0.05) is 12.1 Å². The predicted molar refractivity (Wildman–Crippen MR) is 71.6 cm³/mol. The van der Waals surface area contributed by atoms with Crippen molar-refractivity contribution < 1.29 is 13.2 Å². The van der Waals surface area contributed by atoms with Crippen LogP contribution < -0.4 is 10.1 Å². The maximum atomic E-state index is 11.4. The van der Waals surface area contributed by atoms with Crippen LogP contribution in [0.2, 0.25) is 0 Å². The van der Waals surface area contributed by atoms with E-state index in [0.717, 1.165) is 24.2 Å². The second kappa shape index (κ2) is 5.28. The third kappa shape index (κ3) is 3.99. The molecule has 0 aliphatic heterocycles. The maximum Gasteiger partial charge on any atom is 0.149 e. The molecular weight excluding hydrogens is 250 g/mol. The molecule has 0 amide bonds. The van der Waals surface area contributed by atoms with E-state index in [2.05, 4.69) is 5.32 Å². The van der Waals surface area contributed by atoms with E-state index in [-0.39, 0.29) is 11.8 Å². The Kier molecular flexibility index (Phi) is 3.92. The first-order valence-electron chi connectivity index (χ1n) is 6.09. The van der Waals surface area contributed by atoms with E-state index in [9.17, 15) is 8.42 Å². The van der Waals surface area contributed by atoms with Crippen LogP contribution in [0.25, 0.3) is 0 Å². The van der Waals surface area contributed by atoms with E-state index in [1.807, 2.05) is 24.3 Å². The highest BCUT2D eigenvalue weighted by atomic mass is 32.2. The van der Waals surface area contributed by atoms with E-state index in [1.165, 1.54) is 6.26 Å². The molecule has 1 aliphatic rings. The molecule has 100 valence electrons. The molecule has 2 rings (SSSR count). The molecule has 0 radical (unpaired) electrons. The Morgan fingerprint density at radius 3 is 2.72 bits per heavy atom. The van der Waals surface area contributed by atoms with E-state index in [1.54, 1.807) is 7.05 Å². The summed E-state index contributed by atoms with van der Waals surface area (Å²) in [7, 11) is -1.24. The van der Waals surface area contributed by atoms with Crippen molar-refractivity contribution in [3.05, 3.63) is 29.8 Å². The van der Waals surface area contributed by atoms with Crippen molar-refractivity contribution in [1.29, 1.82) is 0 Å². The van der Waals surface area contributed by atoms with Gasteiger partial charge in [0.1, 0.15) is 15.6 Å². The van der Waals surface area contributed by atoms with Gasteiger partial charge in [-0.3, -0.25) is 0 Å². The zero-order valence-electron chi connectivity index (χ0n) is 10.7. The molecule has 1 aromatic rings. The lowest BCUT2D eigenvalue weighted by atomic mass is 10.1. The SMILES string of the molecule is CNC(CS(C)(=O)=O)c1cccc(OC2CC2)c1. The summed E-state index contributed by atoms with van der Waals surface area (Å²) in [5, 5.41) is 3.04. The summed E-state index contributed by atoms with van der Waals surface area (Å²) >= 11 is 0. The first kappa shape index (κ1) is 13.4.